The molecule has 2 unspecified atom stereocenters. The van der Waals surface area contributed by atoms with Crippen molar-refractivity contribution in [3.8, 4) is 5.75 Å². The first-order valence-electron chi connectivity index (χ1n) is 9.15. The van der Waals surface area contributed by atoms with Crippen LogP contribution in [0.15, 0.2) is 75.7 Å². The van der Waals surface area contributed by atoms with E-state index in [4.69, 9.17) is 0 Å². The first-order valence-corrected chi connectivity index (χ1v) is 10.7. The van der Waals surface area contributed by atoms with Gasteiger partial charge in [-0.25, -0.2) is 4.39 Å². The number of phenolic OH excluding ortho intramolecular Hbond substituents is 1. The SMILES string of the molecule is Cc1ccc(C2=CC(c3cc(Br)ccc3O)NC(c3cc(Br)ccc3F)N2)cc1. The van der Waals surface area contributed by atoms with Gasteiger partial charge in [-0.2, -0.15) is 0 Å². The van der Waals surface area contributed by atoms with Gasteiger partial charge in [0.2, 0.25) is 0 Å². The fraction of sp³-hybridized carbons (Fsp3) is 0.130. The van der Waals surface area contributed by atoms with Gasteiger partial charge in [0.1, 0.15) is 17.7 Å². The van der Waals surface area contributed by atoms with E-state index in [0.29, 0.717) is 11.1 Å². The van der Waals surface area contributed by atoms with Crippen LogP contribution in [-0.4, -0.2) is 5.11 Å². The molecular formula is C23H19Br2FN2O. The predicted octanol–water partition coefficient (Wildman–Crippen LogP) is 6.34. The summed E-state index contributed by atoms with van der Waals surface area (Å²) in [6, 6.07) is 18.0. The predicted molar refractivity (Wildman–Crippen MR) is 121 cm³/mol. The number of phenols is 1. The molecule has 0 saturated heterocycles. The summed E-state index contributed by atoms with van der Waals surface area (Å²) in [6.45, 7) is 2.04. The van der Waals surface area contributed by atoms with E-state index >= 15 is 0 Å². The van der Waals surface area contributed by atoms with E-state index in [9.17, 15) is 9.50 Å². The molecule has 0 fully saturated rings. The molecule has 2 atom stereocenters. The molecule has 0 radical (unpaired) electrons. The standard InChI is InChI=1S/C23H19Br2FN2O/c1-13-2-4-14(5-3-13)20-12-21(18-11-16(25)7-9-22(18)29)28-23(27-20)17-10-15(24)6-8-19(17)26/h2-12,21,23,27-29H,1H3. The van der Waals surface area contributed by atoms with Gasteiger partial charge < -0.3 is 10.4 Å². The van der Waals surface area contributed by atoms with Crippen LogP contribution in [0.2, 0.25) is 0 Å². The van der Waals surface area contributed by atoms with Crippen LogP contribution in [0.5, 0.6) is 5.75 Å². The lowest BCUT2D eigenvalue weighted by Crippen LogP contribution is -2.40. The van der Waals surface area contributed by atoms with Crippen molar-refractivity contribution in [3.63, 3.8) is 0 Å². The zero-order valence-electron chi connectivity index (χ0n) is 15.6. The Labute approximate surface area is 185 Å². The molecular weight excluding hydrogens is 499 g/mol. The van der Waals surface area contributed by atoms with Gasteiger partial charge in [-0.15, -0.1) is 0 Å². The number of aryl methyl sites for hydroxylation is 1. The van der Waals surface area contributed by atoms with Crippen LogP contribution in [0.4, 0.5) is 4.39 Å². The van der Waals surface area contributed by atoms with E-state index in [2.05, 4.69) is 42.5 Å². The maximum atomic E-state index is 14.6. The molecule has 4 rings (SSSR count). The molecule has 1 heterocycles. The number of benzene rings is 3. The minimum atomic E-state index is -0.475. The van der Waals surface area contributed by atoms with Gasteiger partial charge in [0.05, 0.1) is 6.04 Å². The Hall–Kier alpha value is -2.15. The number of halogens is 3. The van der Waals surface area contributed by atoms with Gasteiger partial charge >= 0.3 is 0 Å². The van der Waals surface area contributed by atoms with Crippen LogP contribution in [0.1, 0.15) is 34.5 Å². The van der Waals surface area contributed by atoms with E-state index in [1.807, 2.05) is 43.3 Å². The molecule has 148 valence electrons. The summed E-state index contributed by atoms with van der Waals surface area (Å²) in [5, 5.41) is 17.3. The zero-order valence-corrected chi connectivity index (χ0v) is 18.8. The molecule has 3 aromatic rings. The normalized spacial score (nSPS) is 18.8. The lowest BCUT2D eigenvalue weighted by Gasteiger charge is -2.33. The van der Waals surface area contributed by atoms with Crippen LogP contribution in [0.25, 0.3) is 5.70 Å². The average Bonchev–Trinajstić information content (AvgIpc) is 2.72. The minimum Gasteiger partial charge on any atom is -0.508 e. The maximum Gasteiger partial charge on any atom is 0.129 e. The Morgan fingerprint density at radius 2 is 1.55 bits per heavy atom. The summed E-state index contributed by atoms with van der Waals surface area (Å²) in [5.41, 5.74) is 4.25. The average molecular weight is 518 g/mol. The second-order valence-corrected chi connectivity index (χ2v) is 8.87. The van der Waals surface area contributed by atoms with Crippen molar-refractivity contribution in [2.75, 3.05) is 0 Å². The van der Waals surface area contributed by atoms with Crippen LogP contribution in [-0.2, 0) is 0 Å². The zero-order chi connectivity index (χ0) is 20.5. The first-order chi connectivity index (χ1) is 13.9. The molecule has 3 aromatic carbocycles. The molecule has 3 N–H and O–H groups in total. The van der Waals surface area contributed by atoms with Crippen molar-refractivity contribution < 1.29 is 9.50 Å². The van der Waals surface area contributed by atoms with Crippen LogP contribution in [0.3, 0.4) is 0 Å². The van der Waals surface area contributed by atoms with Crippen molar-refractivity contribution >= 4 is 37.6 Å². The molecule has 0 saturated carbocycles. The molecule has 29 heavy (non-hydrogen) atoms. The lowest BCUT2D eigenvalue weighted by atomic mass is 9.97. The summed E-state index contributed by atoms with van der Waals surface area (Å²) >= 11 is 6.90. The molecule has 6 heteroatoms. The molecule has 0 amide bonds. The Balaban J connectivity index is 1.80. The van der Waals surface area contributed by atoms with E-state index in [1.165, 1.54) is 11.6 Å². The topological polar surface area (TPSA) is 44.3 Å². The fourth-order valence-corrected chi connectivity index (χ4v) is 4.17. The molecule has 0 aromatic heterocycles. The highest BCUT2D eigenvalue weighted by molar-refractivity contribution is 9.10. The number of hydrogen-bond donors (Lipinski definition) is 3. The van der Waals surface area contributed by atoms with Crippen molar-refractivity contribution in [1.82, 2.24) is 10.6 Å². The number of hydrogen-bond acceptors (Lipinski definition) is 3. The Morgan fingerprint density at radius 3 is 2.28 bits per heavy atom. The summed E-state index contributed by atoms with van der Waals surface area (Å²) in [7, 11) is 0. The Bertz CT molecular complexity index is 1080. The third-order valence-corrected chi connectivity index (χ3v) is 5.92. The number of rotatable bonds is 3. The van der Waals surface area contributed by atoms with E-state index in [0.717, 1.165) is 20.2 Å². The summed E-state index contributed by atoms with van der Waals surface area (Å²) in [4.78, 5) is 0. The molecule has 1 aliphatic rings. The third kappa shape index (κ3) is 4.39. The van der Waals surface area contributed by atoms with E-state index < -0.39 is 6.17 Å². The van der Waals surface area contributed by atoms with E-state index in [-0.39, 0.29) is 17.6 Å². The number of nitrogens with one attached hydrogen (secondary N) is 2. The molecule has 1 aliphatic heterocycles. The first kappa shape index (κ1) is 20.1. The molecule has 0 spiro atoms. The Morgan fingerprint density at radius 1 is 0.897 bits per heavy atom. The van der Waals surface area contributed by atoms with Crippen LogP contribution in [0, 0.1) is 12.7 Å². The minimum absolute atomic E-state index is 0.181. The fourth-order valence-electron chi connectivity index (χ4n) is 3.41. The maximum absolute atomic E-state index is 14.6. The number of aromatic hydroxyl groups is 1. The van der Waals surface area contributed by atoms with Gasteiger partial charge in [-0.1, -0.05) is 61.7 Å². The van der Waals surface area contributed by atoms with Crippen molar-refractivity contribution in [3.05, 3.63) is 104 Å². The summed E-state index contributed by atoms with van der Waals surface area (Å²) < 4.78 is 16.3. The Kier molecular flexibility index (Phi) is 5.76. The quantitative estimate of drug-likeness (QED) is 0.380. The van der Waals surface area contributed by atoms with Gasteiger partial charge in [-0.3, -0.25) is 5.32 Å². The summed E-state index contributed by atoms with van der Waals surface area (Å²) in [5.74, 6) is -0.124. The van der Waals surface area contributed by atoms with Gasteiger partial charge in [0.15, 0.2) is 0 Å². The van der Waals surface area contributed by atoms with Crippen molar-refractivity contribution in [2.45, 2.75) is 19.1 Å². The van der Waals surface area contributed by atoms with Gasteiger partial charge in [0, 0.05) is 25.8 Å². The van der Waals surface area contributed by atoms with E-state index in [1.54, 1.807) is 24.3 Å². The highest BCUT2D eigenvalue weighted by Gasteiger charge is 2.27. The molecule has 0 aliphatic carbocycles. The van der Waals surface area contributed by atoms with Crippen molar-refractivity contribution in [1.29, 1.82) is 0 Å². The van der Waals surface area contributed by atoms with Gasteiger partial charge in [0.25, 0.3) is 0 Å². The monoisotopic (exact) mass is 516 g/mol. The third-order valence-electron chi connectivity index (χ3n) is 4.94. The summed E-state index contributed by atoms with van der Waals surface area (Å²) in [6.07, 6.45) is 1.54. The second-order valence-electron chi connectivity index (χ2n) is 7.04. The van der Waals surface area contributed by atoms with Gasteiger partial charge in [-0.05, 0) is 55.0 Å². The smallest absolute Gasteiger partial charge is 0.129 e. The van der Waals surface area contributed by atoms with Crippen molar-refractivity contribution in [2.24, 2.45) is 0 Å². The highest BCUT2D eigenvalue weighted by atomic mass is 79.9. The molecule has 0 bridgehead atoms. The largest absolute Gasteiger partial charge is 0.508 e. The van der Waals surface area contributed by atoms with Crippen LogP contribution < -0.4 is 10.6 Å². The van der Waals surface area contributed by atoms with Crippen LogP contribution >= 0.6 is 31.9 Å². The highest BCUT2D eigenvalue weighted by Crippen LogP contribution is 2.35. The second kappa shape index (κ2) is 8.30. The lowest BCUT2D eigenvalue weighted by molar-refractivity contribution is 0.408. The molecule has 3 nitrogen and oxygen atoms in total.